The van der Waals surface area contributed by atoms with Crippen LogP contribution in [0.2, 0.25) is 5.04 Å². The lowest BCUT2D eigenvalue weighted by Gasteiger charge is -2.27. The second-order valence-electron chi connectivity index (χ2n) is 4.68. The minimum Gasteiger partial charge on any atom is -0.388 e. The van der Waals surface area contributed by atoms with Crippen molar-refractivity contribution < 1.29 is 9.47 Å². The average Bonchev–Trinajstić information content (AvgIpc) is 2.04. The summed E-state index contributed by atoms with van der Waals surface area (Å²) in [5.74, 6) is 0. The Kier molecular flexibility index (Phi) is 11.5. The zero-order valence-electron chi connectivity index (χ0n) is 11.0. The van der Waals surface area contributed by atoms with E-state index < -0.39 is 8.80 Å². The van der Waals surface area contributed by atoms with Gasteiger partial charge in [0.1, 0.15) is 8.80 Å². The van der Waals surface area contributed by atoms with Crippen LogP contribution in [0.1, 0.15) is 41.0 Å². The van der Waals surface area contributed by atoms with Gasteiger partial charge >= 0.3 is 0 Å². The highest BCUT2D eigenvalue weighted by atomic mass is 28.3. The summed E-state index contributed by atoms with van der Waals surface area (Å²) in [5.41, 5.74) is 0. The maximum Gasteiger partial charge on any atom is 0.103 e. The van der Waals surface area contributed by atoms with E-state index in [0.29, 0.717) is 5.04 Å². The summed E-state index contributed by atoms with van der Waals surface area (Å²) in [6, 6.07) is 0. The van der Waals surface area contributed by atoms with Crippen molar-refractivity contribution in [2.24, 2.45) is 0 Å². The zero-order valence-corrected chi connectivity index (χ0v) is 12.2. The molecular formula is C11H28O2Si. The van der Waals surface area contributed by atoms with E-state index in [0.717, 1.165) is 12.5 Å². The van der Waals surface area contributed by atoms with Crippen LogP contribution in [0.25, 0.3) is 0 Å². The normalized spacial score (nSPS) is 11.1. The van der Waals surface area contributed by atoms with Gasteiger partial charge in [0.15, 0.2) is 0 Å². The first-order valence-electron chi connectivity index (χ1n) is 5.41. The Morgan fingerprint density at radius 3 is 1.36 bits per heavy atom. The molecule has 0 fully saturated rings. The van der Waals surface area contributed by atoms with Gasteiger partial charge in [-0.05, 0) is 5.04 Å². The van der Waals surface area contributed by atoms with Crippen molar-refractivity contribution in [3.05, 3.63) is 0 Å². The number of hydrogen-bond acceptors (Lipinski definition) is 2. The van der Waals surface area contributed by atoms with Crippen molar-refractivity contribution in [2.45, 2.75) is 46.1 Å². The monoisotopic (exact) mass is 220 g/mol. The van der Waals surface area contributed by atoms with E-state index in [4.69, 9.17) is 9.47 Å². The van der Waals surface area contributed by atoms with Gasteiger partial charge in [-0.2, -0.15) is 0 Å². The first-order valence-corrected chi connectivity index (χ1v) is 7.62. The number of methoxy groups -OCH3 is 2. The smallest absolute Gasteiger partial charge is 0.103 e. The molecule has 0 spiro atoms. The summed E-state index contributed by atoms with van der Waals surface area (Å²) < 4.78 is 10.3. The van der Waals surface area contributed by atoms with Gasteiger partial charge in [0.05, 0.1) is 0 Å². The topological polar surface area (TPSA) is 18.5 Å². The predicted molar refractivity (Wildman–Crippen MR) is 66.6 cm³/mol. The summed E-state index contributed by atoms with van der Waals surface area (Å²) in [7, 11) is 2.66. The molecule has 0 aliphatic carbocycles. The lowest BCUT2D eigenvalue weighted by Crippen LogP contribution is -2.36. The highest BCUT2D eigenvalue weighted by Gasteiger charge is 2.25. The molecule has 0 bridgehead atoms. The van der Waals surface area contributed by atoms with Crippen molar-refractivity contribution in [1.82, 2.24) is 0 Å². The van der Waals surface area contributed by atoms with Crippen LogP contribution in [0.4, 0.5) is 0 Å². The zero-order chi connectivity index (χ0) is 11.6. The summed E-state index contributed by atoms with van der Waals surface area (Å²) in [6.45, 7) is 11.0. The Hall–Kier alpha value is 0.137. The van der Waals surface area contributed by atoms with Crippen LogP contribution < -0.4 is 0 Å². The molecule has 0 radical (unpaired) electrons. The maximum atomic E-state index is 5.16. The van der Waals surface area contributed by atoms with E-state index in [2.05, 4.69) is 34.6 Å². The first-order chi connectivity index (χ1) is 6.43. The Morgan fingerprint density at radius 1 is 0.929 bits per heavy atom. The molecule has 0 aliphatic rings. The molecule has 0 saturated heterocycles. The quantitative estimate of drug-likeness (QED) is 0.678. The fourth-order valence-corrected chi connectivity index (χ4v) is 2.85. The van der Waals surface area contributed by atoms with Crippen molar-refractivity contribution in [1.29, 1.82) is 0 Å². The number of hydrogen-bond donors (Lipinski definition) is 0. The van der Waals surface area contributed by atoms with Crippen molar-refractivity contribution >= 4 is 8.80 Å². The molecule has 0 aromatic rings. The van der Waals surface area contributed by atoms with Crippen LogP contribution in [0.5, 0.6) is 0 Å². The first kappa shape index (κ1) is 16.6. The molecule has 0 amide bonds. The van der Waals surface area contributed by atoms with E-state index in [-0.39, 0.29) is 0 Å². The largest absolute Gasteiger partial charge is 0.388 e. The van der Waals surface area contributed by atoms with E-state index in [1.807, 2.05) is 0 Å². The third-order valence-corrected chi connectivity index (χ3v) is 5.88. The minimum absolute atomic E-state index is 0.409. The van der Waals surface area contributed by atoms with Gasteiger partial charge in [0.25, 0.3) is 0 Å². The van der Waals surface area contributed by atoms with Gasteiger partial charge in [-0.3, -0.25) is 0 Å². The molecule has 0 heterocycles. The summed E-state index contributed by atoms with van der Waals surface area (Å²) >= 11 is 0. The molecule has 0 N–H and O–H groups in total. The molecular weight excluding hydrogens is 192 g/mol. The summed E-state index contributed by atoms with van der Waals surface area (Å²) in [6.07, 6.45) is 3.08. The van der Waals surface area contributed by atoms with Crippen LogP contribution >= 0.6 is 0 Å². The molecule has 14 heavy (non-hydrogen) atoms. The SMILES string of the molecule is CCC.COC[SiH](COC)C(C)(C)C. The third-order valence-electron chi connectivity index (χ3n) is 1.96. The highest BCUT2D eigenvalue weighted by Crippen LogP contribution is 2.26. The second kappa shape index (κ2) is 9.68. The third kappa shape index (κ3) is 10.2. The molecule has 0 aromatic carbocycles. The van der Waals surface area contributed by atoms with Crippen LogP contribution in [0, 0.1) is 0 Å². The molecule has 0 rings (SSSR count). The molecule has 0 saturated carbocycles. The Bertz CT molecular complexity index is 104. The summed E-state index contributed by atoms with van der Waals surface area (Å²) in [4.78, 5) is 0. The Morgan fingerprint density at radius 2 is 1.21 bits per heavy atom. The van der Waals surface area contributed by atoms with E-state index >= 15 is 0 Å². The number of rotatable bonds is 4. The lowest BCUT2D eigenvalue weighted by atomic mass is 10.2. The van der Waals surface area contributed by atoms with Crippen molar-refractivity contribution in [3.63, 3.8) is 0 Å². The lowest BCUT2D eigenvalue weighted by molar-refractivity contribution is 0.217. The minimum atomic E-state index is -0.867. The fourth-order valence-electron chi connectivity index (χ4n) is 0.950. The number of ether oxygens (including phenoxy) is 2. The molecule has 0 atom stereocenters. The maximum absolute atomic E-state index is 5.16. The van der Waals surface area contributed by atoms with Gasteiger partial charge in [0.2, 0.25) is 0 Å². The molecule has 3 heteroatoms. The molecule has 0 unspecified atom stereocenters. The predicted octanol–water partition coefficient (Wildman–Crippen LogP) is 2.80. The second-order valence-corrected chi connectivity index (χ2v) is 8.47. The van der Waals surface area contributed by atoms with Crippen LogP contribution in [0.15, 0.2) is 0 Å². The van der Waals surface area contributed by atoms with Gasteiger partial charge in [0, 0.05) is 26.7 Å². The van der Waals surface area contributed by atoms with Gasteiger partial charge in [-0.1, -0.05) is 41.0 Å². The van der Waals surface area contributed by atoms with Gasteiger partial charge < -0.3 is 9.47 Å². The fraction of sp³-hybridized carbons (Fsp3) is 1.00. The molecule has 88 valence electrons. The van der Waals surface area contributed by atoms with Gasteiger partial charge in [-0.25, -0.2) is 0 Å². The molecule has 2 nitrogen and oxygen atoms in total. The molecule has 0 aliphatic heterocycles. The summed E-state index contributed by atoms with van der Waals surface area (Å²) in [5, 5.41) is 0.409. The van der Waals surface area contributed by atoms with E-state index in [1.165, 1.54) is 6.42 Å². The standard InChI is InChI=1S/C8H20O2Si.C3H8/c1-8(2,3)11(6-9-4)7-10-5;1-3-2/h11H,6-7H2,1-5H3;3H2,1-2H3. The average molecular weight is 220 g/mol. The van der Waals surface area contributed by atoms with Crippen LogP contribution in [-0.4, -0.2) is 35.5 Å². The van der Waals surface area contributed by atoms with Crippen LogP contribution in [0.3, 0.4) is 0 Å². The van der Waals surface area contributed by atoms with E-state index in [9.17, 15) is 0 Å². The molecule has 0 aromatic heterocycles. The van der Waals surface area contributed by atoms with Crippen LogP contribution in [-0.2, 0) is 9.47 Å². The Labute approximate surface area is 91.6 Å². The Balaban J connectivity index is 0. The van der Waals surface area contributed by atoms with Crippen molar-refractivity contribution in [3.8, 4) is 0 Å². The highest BCUT2D eigenvalue weighted by molar-refractivity contribution is 6.61. The van der Waals surface area contributed by atoms with E-state index in [1.54, 1.807) is 14.2 Å². The van der Waals surface area contributed by atoms with Crippen molar-refractivity contribution in [2.75, 3.05) is 26.7 Å². The van der Waals surface area contributed by atoms with Gasteiger partial charge in [-0.15, -0.1) is 0 Å².